The molecule has 172 valence electrons. The van der Waals surface area contributed by atoms with E-state index in [9.17, 15) is 19.2 Å². The lowest BCUT2D eigenvalue weighted by Crippen LogP contribution is -2.15. The fraction of sp³-hybridized carbons (Fsp3) is 0.217. The van der Waals surface area contributed by atoms with Crippen LogP contribution in [0.2, 0.25) is 0 Å². The number of carbonyl (C=O) groups is 3. The molecule has 3 rings (SSSR count). The molecule has 3 aromatic rings. The van der Waals surface area contributed by atoms with E-state index in [1.807, 2.05) is 0 Å². The number of hydrogen-bond acceptors (Lipinski definition) is 10. The van der Waals surface area contributed by atoms with Gasteiger partial charge in [-0.1, -0.05) is 0 Å². The minimum atomic E-state index is -0.783. The molecule has 0 N–H and O–H groups in total. The maximum atomic E-state index is 13.4. The Bertz CT molecular complexity index is 1300. The van der Waals surface area contributed by atoms with Gasteiger partial charge in [0, 0.05) is 44.5 Å². The van der Waals surface area contributed by atoms with E-state index >= 15 is 0 Å². The Morgan fingerprint density at radius 1 is 0.727 bits per heavy atom. The average Bonchev–Trinajstić information content (AvgIpc) is 2.73. The summed E-state index contributed by atoms with van der Waals surface area (Å²) in [7, 11) is 2.89. The fourth-order valence-corrected chi connectivity index (χ4v) is 3.07. The van der Waals surface area contributed by atoms with Crippen molar-refractivity contribution >= 4 is 28.9 Å². The molecule has 33 heavy (non-hydrogen) atoms. The number of methoxy groups -OCH3 is 2. The van der Waals surface area contributed by atoms with E-state index in [1.54, 1.807) is 18.2 Å². The number of fused-ring (bicyclic) bond motifs is 1. The predicted molar refractivity (Wildman–Crippen MR) is 115 cm³/mol. The molecule has 0 amide bonds. The first-order chi connectivity index (χ1) is 15.6. The number of esters is 3. The second-order valence-electron chi connectivity index (χ2n) is 6.77. The summed E-state index contributed by atoms with van der Waals surface area (Å²) < 4.78 is 31.9. The molecule has 0 saturated heterocycles. The molecule has 0 saturated carbocycles. The summed E-state index contributed by atoms with van der Waals surface area (Å²) in [5.41, 5.74) is -0.565. The molecular formula is C23H20O10. The molecular weight excluding hydrogens is 436 g/mol. The molecule has 1 heterocycles. The molecule has 0 bridgehead atoms. The van der Waals surface area contributed by atoms with Gasteiger partial charge in [-0.3, -0.25) is 19.2 Å². The highest BCUT2D eigenvalue weighted by molar-refractivity contribution is 5.92. The fourth-order valence-electron chi connectivity index (χ4n) is 3.07. The normalized spacial score (nSPS) is 10.5. The minimum absolute atomic E-state index is 0.0243. The lowest BCUT2D eigenvalue weighted by molar-refractivity contribution is -0.133. The molecule has 0 atom stereocenters. The topological polar surface area (TPSA) is 128 Å². The molecule has 0 aliphatic heterocycles. The molecule has 10 heteroatoms. The van der Waals surface area contributed by atoms with Crippen molar-refractivity contribution in [1.29, 1.82) is 0 Å². The van der Waals surface area contributed by atoms with E-state index in [-0.39, 0.29) is 28.2 Å². The van der Waals surface area contributed by atoms with Crippen LogP contribution in [0.1, 0.15) is 20.8 Å². The Morgan fingerprint density at radius 3 is 1.82 bits per heavy atom. The monoisotopic (exact) mass is 456 g/mol. The smallest absolute Gasteiger partial charge is 0.308 e. The van der Waals surface area contributed by atoms with Gasteiger partial charge in [0.25, 0.3) is 0 Å². The van der Waals surface area contributed by atoms with Gasteiger partial charge in [-0.05, 0) is 12.1 Å². The van der Waals surface area contributed by atoms with Crippen molar-refractivity contribution < 1.29 is 42.5 Å². The van der Waals surface area contributed by atoms with Crippen molar-refractivity contribution in [3.8, 4) is 40.1 Å². The van der Waals surface area contributed by atoms with Crippen LogP contribution in [0.5, 0.6) is 28.7 Å². The van der Waals surface area contributed by atoms with Crippen LogP contribution in [0, 0.1) is 0 Å². The van der Waals surface area contributed by atoms with Gasteiger partial charge < -0.3 is 28.1 Å². The van der Waals surface area contributed by atoms with Crippen molar-refractivity contribution in [3.63, 3.8) is 0 Å². The van der Waals surface area contributed by atoms with E-state index in [4.69, 9.17) is 28.1 Å². The van der Waals surface area contributed by atoms with Gasteiger partial charge in [-0.2, -0.15) is 0 Å². The van der Waals surface area contributed by atoms with E-state index in [2.05, 4.69) is 0 Å². The highest BCUT2D eigenvalue weighted by Gasteiger charge is 2.24. The van der Waals surface area contributed by atoms with Crippen LogP contribution < -0.4 is 29.1 Å². The van der Waals surface area contributed by atoms with Gasteiger partial charge in [0.05, 0.1) is 14.2 Å². The first-order valence-corrected chi connectivity index (χ1v) is 9.56. The summed E-state index contributed by atoms with van der Waals surface area (Å²) in [5.74, 6) is -2.18. The third-order valence-corrected chi connectivity index (χ3v) is 4.27. The van der Waals surface area contributed by atoms with E-state index in [1.165, 1.54) is 33.3 Å². The Morgan fingerprint density at radius 2 is 1.30 bits per heavy atom. The highest BCUT2D eigenvalue weighted by atomic mass is 16.6. The molecule has 0 aliphatic rings. The van der Waals surface area contributed by atoms with E-state index < -0.39 is 29.1 Å². The Balaban J connectivity index is 2.42. The Kier molecular flexibility index (Phi) is 6.67. The minimum Gasteiger partial charge on any atom is -0.497 e. The van der Waals surface area contributed by atoms with Gasteiger partial charge >= 0.3 is 17.9 Å². The number of carbonyl (C=O) groups excluding carboxylic acids is 3. The van der Waals surface area contributed by atoms with Gasteiger partial charge in [0.1, 0.15) is 34.0 Å². The summed E-state index contributed by atoms with van der Waals surface area (Å²) in [4.78, 5) is 48.2. The SMILES string of the molecule is COc1cc(OC)cc(-c2oc3cc(OC(C)=O)cc(OC(C)=O)c3c(=O)c2OC(C)=O)c1. The lowest BCUT2D eigenvalue weighted by atomic mass is 10.1. The summed E-state index contributed by atoms with van der Waals surface area (Å²) in [6.45, 7) is 3.44. The van der Waals surface area contributed by atoms with Crippen LogP contribution in [0.25, 0.3) is 22.3 Å². The first-order valence-electron chi connectivity index (χ1n) is 9.56. The van der Waals surface area contributed by atoms with Crippen LogP contribution in [-0.4, -0.2) is 32.1 Å². The molecule has 10 nitrogen and oxygen atoms in total. The predicted octanol–water partition coefficient (Wildman–Crippen LogP) is 3.25. The average molecular weight is 456 g/mol. The molecule has 1 aromatic heterocycles. The summed E-state index contributed by atoms with van der Waals surface area (Å²) in [6.07, 6.45) is 0. The molecule has 0 spiro atoms. The molecule has 0 unspecified atom stereocenters. The third-order valence-electron chi connectivity index (χ3n) is 4.27. The number of ether oxygens (including phenoxy) is 5. The summed E-state index contributed by atoms with van der Waals surface area (Å²) >= 11 is 0. The van der Waals surface area contributed by atoms with Crippen molar-refractivity contribution in [2.75, 3.05) is 14.2 Å². The van der Waals surface area contributed by atoms with E-state index in [0.29, 0.717) is 17.1 Å². The molecule has 0 fully saturated rings. The first kappa shape index (κ1) is 23.3. The standard InChI is InChI=1S/C23H20O10/c1-11(24)30-17-9-18(31-12(2)25)20-19(10-17)33-22(23(21(20)27)32-13(3)26)14-6-15(28-4)8-16(7-14)29-5/h6-10H,1-5H3. The molecule has 0 aliphatic carbocycles. The number of rotatable bonds is 6. The van der Waals surface area contributed by atoms with Gasteiger partial charge in [0.15, 0.2) is 5.76 Å². The zero-order valence-electron chi connectivity index (χ0n) is 18.5. The number of benzene rings is 2. The van der Waals surface area contributed by atoms with Crippen LogP contribution in [0.4, 0.5) is 0 Å². The second-order valence-corrected chi connectivity index (χ2v) is 6.77. The lowest BCUT2D eigenvalue weighted by Gasteiger charge is -2.14. The largest absolute Gasteiger partial charge is 0.497 e. The summed E-state index contributed by atoms with van der Waals surface area (Å²) in [6, 6.07) is 7.16. The van der Waals surface area contributed by atoms with Gasteiger partial charge in [-0.25, -0.2) is 0 Å². The highest BCUT2D eigenvalue weighted by Crippen LogP contribution is 2.39. The van der Waals surface area contributed by atoms with Crippen molar-refractivity contribution in [1.82, 2.24) is 0 Å². The maximum absolute atomic E-state index is 13.4. The van der Waals surface area contributed by atoms with Crippen molar-refractivity contribution in [2.45, 2.75) is 20.8 Å². The Hall–Kier alpha value is -4.34. The summed E-state index contributed by atoms with van der Waals surface area (Å²) in [5, 5.41) is -0.184. The van der Waals surface area contributed by atoms with Crippen LogP contribution in [-0.2, 0) is 14.4 Å². The van der Waals surface area contributed by atoms with Crippen LogP contribution >= 0.6 is 0 Å². The van der Waals surface area contributed by atoms with Gasteiger partial charge in [-0.15, -0.1) is 0 Å². The van der Waals surface area contributed by atoms with Gasteiger partial charge in [0.2, 0.25) is 11.2 Å². The van der Waals surface area contributed by atoms with E-state index in [0.717, 1.165) is 13.8 Å². The molecule has 0 radical (unpaired) electrons. The Labute approximate surface area is 187 Å². The maximum Gasteiger partial charge on any atom is 0.308 e. The molecule has 2 aromatic carbocycles. The van der Waals surface area contributed by atoms with Crippen molar-refractivity contribution in [2.24, 2.45) is 0 Å². The number of hydrogen-bond donors (Lipinski definition) is 0. The van der Waals surface area contributed by atoms with Crippen LogP contribution in [0.15, 0.2) is 39.5 Å². The van der Waals surface area contributed by atoms with Crippen LogP contribution in [0.3, 0.4) is 0 Å². The zero-order valence-corrected chi connectivity index (χ0v) is 18.5. The second kappa shape index (κ2) is 9.43. The zero-order chi connectivity index (χ0) is 24.3. The quantitative estimate of drug-likeness (QED) is 0.403. The van der Waals surface area contributed by atoms with Crippen molar-refractivity contribution in [3.05, 3.63) is 40.6 Å². The third kappa shape index (κ3) is 5.12.